The number of carbonyl (C=O) groups is 2. The molecule has 2 atom stereocenters. The van der Waals surface area contributed by atoms with Crippen LogP contribution in [0.4, 0.5) is 5.69 Å². The largest absolute Gasteiger partial charge is 0.494 e. The van der Waals surface area contributed by atoms with Crippen molar-refractivity contribution < 1.29 is 22.7 Å². The number of carbonyl (C=O) groups excluding carboxylic acids is 2. The van der Waals surface area contributed by atoms with Gasteiger partial charge in [0.1, 0.15) is 18.3 Å². The van der Waals surface area contributed by atoms with Crippen LogP contribution in [-0.2, 0) is 26.2 Å². The molecule has 1 N–H and O–H groups in total. The van der Waals surface area contributed by atoms with E-state index in [4.69, 9.17) is 27.9 Å². The van der Waals surface area contributed by atoms with Gasteiger partial charge in [0.25, 0.3) is 10.0 Å². The summed E-state index contributed by atoms with van der Waals surface area (Å²) in [5.74, 6) is -0.308. The lowest BCUT2D eigenvalue weighted by atomic mass is 10.1. The summed E-state index contributed by atoms with van der Waals surface area (Å²) in [6.07, 6.45) is 2.92. The number of anilines is 1. The first-order valence-electron chi connectivity index (χ1n) is 14.4. The molecule has 0 aliphatic heterocycles. The van der Waals surface area contributed by atoms with Crippen LogP contribution < -0.4 is 14.4 Å². The molecule has 8 nitrogen and oxygen atoms in total. The Hall–Kier alpha value is -2.92. The Morgan fingerprint density at radius 3 is 2.14 bits per heavy atom. The first-order chi connectivity index (χ1) is 20.9. The lowest BCUT2D eigenvalue weighted by molar-refractivity contribution is -0.140. The number of ether oxygens (including phenoxy) is 1. The molecule has 0 saturated carbocycles. The van der Waals surface area contributed by atoms with Crippen LogP contribution in [0.15, 0.2) is 76.5 Å². The summed E-state index contributed by atoms with van der Waals surface area (Å²) >= 11 is 13.9. The SMILES string of the molecule is CCOc1ccc(N(CC(=O)N(Cc2ccc(Cl)c(Cl)c2)[C@@H](CC)C(=O)N[C@@H](C)CC)S(=O)(=O)c2ccc(SC)cc2)cc1. The van der Waals surface area contributed by atoms with Crippen LogP contribution in [0.5, 0.6) is 5.75 Å². The van der Waals surface area contributed by atoms with E-state index in [2.05, 4.69) is 5.32 Å². The molecule has 0 aliphatic carbocycles. The summed E-state index contributed by atoms with van der Waals surface area (Å²) in [5, 5.41) is 3.63. The van der Waals surface area contributed by atoms with E-state index in [-0.39, 0.29) is 29.1 Å². The number of sulfonamides is 1. The highest BCUT2D eigenvalue weighted by atomic mass is 35.5. The molecule has 0 unspecified atom stereocenters. The number of rotatable bonds is 15. The van der Waals surface area contributed by atoms with Crippen molar-refractivity contribution >= 4 is 62.5 Å². The van der Waals surface area contributed by atoms with Crippen LogP contribution in [0, 0.1) is 0 Å². The highest BCUT2D eigenvalue weighted by Crippen LogP contribution is 2.29. The predicted octanol–water partition coefficient (Wildman–Crippen LogP) is 7.03. The monoisotopic (exact) mass is 679 g/mol. The molecule has 3 rings (SSSR count). The van der Waals surface area contributed by atoms with Gasteiger partial charge in [-0.25, -0.2) is 8.42 Å². The van der Waals surface area contributed by atoms with Gasteiger partial charge in [0, 0.05) is 17.5 Å². The van der Waals surface area contributed by atoms with E-state index in [0.717, 1.165) is 9.20 Å². The minimum atomic E-state index is -4.20. The zero-order chi connectivity index (χ0) is 32.4. The Morgan fingerprint density at radius 2 is 1.59 bits per heavy atom. The fourth-order valence-corrected chi connectivity index (χ4v) is 6.62. The number of nitrogens with zero attached hydrogens (tertiary/aromatic N) is 2. The molecule has 238 valence electrons. The third-order valence-electron chi connectivity index (χ3n) is 7.09. The zero-order valence-electron chi connectivity index (χ0n) is 25.5. The van der Waals surface area contributed by atoms with Gasteiger partial charge in [0.15, 0.2) is 0 Å². The summed E-state index contributed by atoms with van der Waals surface area (Å²) in [5.41, 5.74) is 0.924. The average Bonchev–Trinajstić information content (AvgIpc) is 3.01. The van der Waals surface area contributed by atoms with Crippen LogP contribution in [0.25, 0.3) is 0 Å². The molecular formula is C32H39Cl2N3O5S2. The molecule has 12 heteroatoms. The van der Waals surface area contributed by atoms with E-state index >= 15 is 0 Å². The van der Waals surface area contributed by atoms with Gasteiger partial charge in [-0.1, -0.05) is 43.1 Å². The van der Waals surface area contributed by atoms with Gasteiger partial charge in [-0.2, -0.15) is 0 Å². The van der Waals surface area contributed by atoms with Crippen LogP contribution >= 0.6 is 35.0 Å². The number of amides is 2. The quantitative estimate of drug-likeness (QED) is 0.173. The van der Waals surface area contributed by atoms with E-state index in [1.54, 1.807) is 54.6 Å². The first-order valence-corrected chi connectivity index (χ1v) is 17.8. The fourth-order valence-electron chi connectivity index (χ4n) is 4.47. The molecule has 0 spiro atoms. The third kappa shape index (κ3) is 9.06. The topological polar surface area (TPSA) is 96.0 Å². The third-order valence-corrected chi connectivity index (χ3v) is 10.4. The maximum absolute atomic E-state index is 14.2. The van der Waals surface area contributed by atoms with Gasteiger partial charge in [0.05, 0.1) is 27.2 Å². The molecule has 0 saturated heterocycles. The molecule has 3 aromatic rings. The fraction of sp³-hybridized carbons (Fsp3) is 0.375. The highest BCUT2D eigenvalue weighted by Gasteiger charge is 2.34. The average molecular weight is 681 g/mol. The predicted molar refractivity (Wildman–Crippen MR) is 179 cm³/mol. The van der Waals surface area contributed by atoms with Crippen molar-refractivity contribution in [2.75, 3.05) is 23.7 Å². The standard InChI is InChI=1S/C32H39Cl2N3O5S2/c1-6-22(4)35-32(39)30(7-2)36(20-23-9-18-28(33)29(34)19-23)31(38)21-37(24-10-12-25(13-11-24)42-8-3)44(40,41)27-16-14-26(43-5)15-17-27/h9-19,22,30H,6-8,20-21H2,1-5H3,(H,35,39)/t22-,30-/m0/s1. The number of benzene rings is 3. The molecular weight excluding hydrogens is 641 g/mol. The van der Waals surface area contributed by atoms with Crippen LogP contribution in [0.3, 0.4) is 0 Å². The maximum atomic E-state index is 14.2. The Balaban J connectivity index is 2.08. The van der Waals surface area contributed by atoms with Crippen molar-refractivity contribution in [3.63, 3.8) is 0 Å². The van der Waals surface area contributed by atoms with Crippen molar-refractivity contribution in [2.45, 2.75) is 69.0 Å². The Labute approximate surface area is 275 Å². The summed E-state index contributed by atoms with van der Waals surface area (Å²) in [7, 11) is -4.20. The van der Waals surface area contributed by atoms with Gasteiger partial charge < -0.3 is 15.0 Å². The van der Waals surface area contributed by atoms with Crippen LogP contribution in [0.1, 0.15) is 46.1 Å². The number of hydrogen-bond donors (Lipinski definition) is 1. The van der Waals surface area contributed by atoms with Gasteiger partial charge >= 0.3 is 0 Å². The molecule has 0 fully saturated rings. The second-order valence-corrected chi connectivity index (χ2v) is 13.7. The lowest BCUT2D eigenvalue weighted by Gasteiger charge is -2.33. The van der Waals surface area contributed by atoms with E-state index in [0.29, 0.717) is 40.8 Å². The van der Waals surface area contributed by atoms with Gasteiger partial charge in [-0.15, -0.1) is 11.8 Å². The summed E-state index contributed by atoms with van der Waals surface area (Å²) in [6, 6.07) is 17.0. The Kier molecular flexibility index (Phi) is 13.3. The van der Waals surface area contributed by atoms with Crippen molar-refractivity contribution in [2.24, 2.45) is 0 Å². The Morgan fingerprint density at radius 1 is 0.932 bits per heavy atom. The summed E-state index contributed by atoms with van der Waals surface area (Å²) < 4.78 is 34.8. The maximum Gasteiger partial charge on any atom is 0.264 e. The molecule has 44 heavy (non-hydrogen) atoms. The van der Waals surface area contributed by atoms with Crippen molar-refractivity contribution in [3.05, 3.63) is 82.3 Å². The molecule has 2 amide bonds. The molecule has 0 radical (unpaired) electrons. The zero-order valence-corrected chi connectivity index (χ0v) is 28.7. The van der Waals surface area contributed by atoms with Crippen molar-refractivity contribution in [1.29, 1.82) is 0 Å². The molecule has 0 heterocycles. The number of thioether (sulfide) groups is 1. The number of hydrogen-bond acceptors (Lipinski definition) is 6. The van der Waals surface area contributed by atoms with Crippen LogP contribution in [0.2, 0.25) is 10.0 Å². The molecule has 0 bridgehead atoms. The first kappa shape index (κ1) is 35.6. The Bertz CT molecular complexity index is 1520. The molecule has 0 aromatic heterocycles. The molecule has 3 aromatic carbocycles. The number of nitrogens with one attached hydrogen (secondary N) is 1. The molecule has 0 aliphatic rings. The van der Waals surface area contributed by atoms with Gasteiger partial charge in [-0.05, 0) is 99.2 Å². The number of halogens is 2. The smallest absolute Gasteiger partial charge is 0.264 e. The van der Waals surface area contributed by atoms with Crippen LogP contribution in [-0.4, -0.2) is 56.6 Å². The summed E-state index contributed by atoms with van der Waals surface area (Å²) in [6.45, 7) is 7.42. The normalized spacial score (nSPS) is 12.7. The minimum Gasteiger partial charge on any atom is -0.494 e. The van der Waals surface area contributed by atoms with E-state index < -0.39 is 28.5 Å². The second-order valence-electron chi connectivity index (χ2n) is 10.1. The van der Waals surface area contributed by atoms with Gasteiger partial charge in [0.2, 0.25) is 11.8 Å². The lowest BCUT2D eigenvalue weighted by Crippen LogP contribution is -2.53. The summed E-state index contributed by atoms with van der Waals surface area (Å²) in [4.78, 5) is 30.0. The van der Waals surface area contributed by atoms with E-state index in [1.807, 2.05) is 34.0 Å². The van der Waals surface area contributed by atoms with Crippen molar-refractivity contribution in [1.82, 2.24) is 10.2 Å². The van der Waals surface area contributed by atoms with E-state index in [1.165, 1.54) is 28.8 Å². The van der Waals surface area contributed by atoms with Gasteiger partial charge in [-0.3, -0.25) is 13.9 Å². The minimum absolute atomic E-state index is 0.0156. The highest BCUT2D eigenvalue weighted by molar-refractivity contribution is 7.98. The second kappa shape index (κ2) is 16.4. The van der Waals surface area contributed by atoms with E-state index in [9.17, 15) is 18.0 Å². The van der Waals surface area contributed by atoms with Crippen molar-refractivity contribution in [3.8, 4) is 5.75 Å².